The van der Waals surface area contributed by atoms with E-state index in [1.807, 2.05) is 0 Å². The number of aryl methyl sites for hydroxylation is 1. The first-order valence-electron chi connectivity index (χ1n) is 4.63. The number of nitrogens with one attached hydrogen (secondary N) is 1. The molecule has 2 N–H and O–H groups in total. The fraction of sp³-hybridized carbons (Fsp3) is 0.400. The minimum Gasteiger partial charge on any atom is -0.481 e. The summed E-state index contributed by atoms with van der Waals surface area (Å²) in [6, 6.07) is 3.17. The van der Waals surface area contributed by atoms with Gasteiger partial charge in [-0.3, -0.25) is 9.59 Å². The zero-order valence-corrected chi connectivity index (χ0v) is 7.62. The van der Waals surface area contributed by atoms with Gasteiger partial charge in [0.05, 0.1) is 5.92 Å². The molecule has 0 saturated carbocycles. The van der Waals surface area contributed by atoms with Crippen molar-refractivity contribution >= 4 is 5.97 Å². The quantitative estimate of drug-likeness (QED) is 0.695. The molecule has 0 spiro atoms. The zero-order valence-electron chi connectivity index (χ0n) is 7.62. The molecule has 0 bridgehead atoms. The second kappa shape index (κ2) is 3.29. The zero-order chi connectivity index (χ0) is 10.1. The minimum atomic E-state index is -0.854. The number of aliphatic carboxylic acids is 1. The van der Waals surface area contributed by atoms with Gasteiger partial charge in [0.2, 0.25) is 5.56 Å². The summed E-state index contributed by atoms with van der Waals surface area (Å²) in [4.78, 5) is 24.6. The monoisotopic (exact) mass is 193 g/mol. The molecule has 1 aliphatic carbocycles. The van der Waals surface area contributed by atoms with Crippen LogP contribution in [0.4, 0.5) is 0 Å². The fourth-order valence-electron chi connectivity index (χ4n) is 1.94. The highest BCUT2D eigenvalue weighted by Crippen LogP contribution is 2.28. The lowest BCUT2D eigenvalue weighted by molar-refractivity contribution is -0.139. The first kappa shape index (κ1) is 8.99. The molecular formula is C10H11NO3. The molecule has 1 unspecified atom stereocenters. The average Bonchev–Trinajstić information content (AvgIpc) is 2.16. The largest absolute Gasteiger partial charge is 0.481 e. The summed E-state index contributed by atoms with van der Waals surface area (Å²) in [5, 5.41) is 8.95. The lowest BCUT2D eigenvalue weighted by Crippen LogP contribution is -2.23. The van der Waals surface area contributed by atoms with E-state index in [2.05, 4.69) is 4.98 Å². The number of rotatable bonds is 1. The second-order valence-corrected chi connectivity index (χ2v) is 3.54. The molecular weight excluding hydrogens is 182 g/mol. The highest BCUT2D eigenvalue weighted by molar-refractivity contribution is 5.76. The molecule has 1 aromatic rings. The normalized spacial score (nSPS) is 20.1. The van der Waals surface area contributed by atoms with E-state index in [0.717, 1.165) is 18.4 Å². The lowest BCUT2D eigenvalue weighted by Gasteiger charge is -2.21. The van der Waals surface area contributed by atoms with E-state index in [1.54, 1.807) is 6.07 Å². The minimum absolute atomic E-state index is 0.225. The van der Waals surface area contributed by atoms with Crippen molar-refractivity contribution in [2.45, 2.75) is 25.2 Å². The maximum atomic E-state index is 11.1. The Labute approximate surface area is 80.6 Å². The van der Waals surface area contributed by atoms with Crippen molar-refractivity contribution in [2.24, 2.45) is 0 Å². The van der Waals surface area contributed by atoms with E-state index in [9.17, 15) is 9.59 Å². The number of carbonyl (C=O) groups is 1. The van der Waals surface area contributed by atoms with Crippen LogP contribution in [0.5, 0.6) is 0 Å². The SMILES string of the molecule is O=C(O)C1CCCc2ccc(=O)[nH]c21. The molecule has 1 aromatic heterocycles. The maximum Gasteiger partial charge on any atom is 0.312 e. The summed E-state index contributed by atoms with van der Waals surface area (Å²) < 4.78 is 0. The molecule has 0 fully saturated rings. The van der Waals surface area contributed by atoms with E-state index in [1.165, 1.54) is 6.07 Å². The number of aromatic amines is 1. The van der Waals surface area contributed by atoms with Gasteiger partial charge < -0.3 is 10.1 Å². The predicted octanol–water partition coefficient (Wildman–Crippen LogP) is 0.879. The Hall–Kier alpha value is -1.58. The van der Waals surface area contributed by atoms with Crippen molar-refractivity contribution in [2.75, 3.05) is 0 Å². The van der Waals surface area contributed by atoms with Crippen LogP contribution in [0.15, 0.2) is 16.9 Å². The molecule has 0 amide bonds. The van der Waals surface area contributed by atoms with Crippen LogP contribution in [0.3, 0.4) is 0 Å². The maximum absolute atomic E-state index is 11.1. The predicted molar refractivity (Wildman–Crippen MR) is 50.4 cm³/mol. The molecule has 1 atom stereocenters. The topological polar surface area (TPSA) is 70.2 Å². The van der Waals surface area contributed by atoms with Gasteiger partial charge in [-0.1, -0.05) is 6.07 Å². The average molecular weight is 193 g/mol. The van der Waals surface area contributed by atoms with E-state index in [4.69, 9.17) is 5.11 Å². The first-order valence-corrected chi connectivity index (χ1v) is 4.63. The molecule has 2 rings (SSSR count). The number of carboxylic acid groups (broad SMARTS) is 1. The van der Waals surface area contributed by atoms with Gasteiger partial charge in [0.1, 0.15) is 0 Å². The highest BCUT2D eigenvalue weighted by Gasteiger charge is 2.26. The Morgan fingerprint density at radius 1 is 1.50 bits per heavy atom. The fourth-order valence-corrected chi connectivity index (χ4v) is 1.94. The van der Waals surface area contributed by atoms with Crippen LogP contribution in [0.1, 0.15) is 30.0 Å². The van der Waals surface area contributed by atoms with Gasteiger partial charge in [0, 0.05) is 11.8 Å². The standard InChI is InChI=1S/C10H11NO3/c12-8-5-4-6-2-1-3-7(10(13)14)9(6)11-8/h4-5,7H,1-3H2,(H,11,12)(H,13,14). The van der Waals surface area contributed by atoms with Gasteiger partial charge in [0.25, 0.3) is 0 Å². The Balaban J connectivity index is 2.52. The van der Waals surface area contributed by atoms with Crippen LogP contribution in [-0.4, -0.2) is 16.1 Å². The molecule has 0 aromatic carbocycles. The molecule has 1 aliphatic rings. The third-order valence-electron chi connectivity index (χ3n) is 2.63. The van der Waals surface area contributed by atoms with Crippen LogP contribution in [0.25, 0.3) is 0 Å². The number of hydrogen-bond donors (Lipinski definition) is 2. The molecule has 4 heteroatoms. The summed E-state index contributed by atoms with van der Waals surface area (Å²) in [5.41, 5.74) is 1.33. The second-order valence-electron chi connectivity index (χ2n) is 3.54. The Morgan fingerprint density at radius 2 is 2.29 bits per heavy atom. The summed E-state index contributed by atoms with van der Waals surface area (Å²) in [6.07, 6.45) is 2.34. The van der Waals surface area contributed by atoms with E-state index >= 15 is 0 Å². The number of carboxylic acids is 1. The number of H-pyrrole nitrogens is 1. The van der Waals surface area contributed by atoms with Gasteiger partial charge in [0.15, 0.2) is 0 Å². The molecule has 0 aliphatic heterocycles. The van der Waals surface area contributed by atoms with Crippen molar-refractivity contribution in [1.82, 2.24) is 4.98 Å². The third-order valence-corrected chi connectivity index (χ3v) is 2.63. The van der Waals surface area contributed by atoms with Crippen LogP contribution >= 0.6 is 0 Å². The smallest absolute Gasteiger partial charge is 0.312 e. The third kappa shape index (κ3) is 1.43. The van der Waals surface area contributed by atoms with Crippen molar-refractivity contribution in [3.8, 4) is 0 Å². The molecule has 0 saturated heterocycles. The summed E-state index contributed by atoms with van der Waals surface area (Å²) >= 11 is 0. The van der Waals surface area contributed by atoms with E-state index < -0.39 is 11.9 Å². The van der Waals surface area contributed by atoms with Gasteiger partial charge in [-0.05, 0) is 24.8 Å². The lowest BCUT2D eigenvalue weighted by atomic mass is 9.87. The molecule has 0 radical (unpaired) electrons. The summed E-state index contributed by atoms with van der Waals surface area (Å²) in [7, 11) is 0. The first-order chi connectivity index (χ1) is 6.68. The van der Waals surface area contributed by atoms with Gasteiger partial charge in [-0.25, -0.2) is 0 Å². The van der Waals surface area contributed by atoms with Crippen LogP contribution in [0.2, 0.25) is 0 Å². The van der Waals surface area contributed by atoms with E-state index in [0.29, 0.717) is 12.1 Å². The number of fused-ring (bicyclic) bond motifs is 1. The number of pyridine rings is 1. The summed E-state index contributed by atoms with van der Waals surface area (Å²) in [6.45, 7) is 0. The molecule has 14 heavy (non-hydrogen) atoms. The Morgan fingerprint density at radius 3 is 3.00 bits per heavy atom. The van der Waals surface area contributed by atoms with Crippen molar-refractivity contribution in [3.63, 3.8) is 0 Å². The molecule has 74 valence electrons. The Bertz CT molecular complexity index is 422. The van der Waals surface area contributed by atoms with Crippen molar-refractivity contribution < 1.29 is 9.90 Å². The van der Waals surface area contributed by atoms with E-state index in [-0.39, 0.29) is 5.56 Å². The summed E-state index contributed by atoms with van der Waals surface area (Å²) in [5.74, 6) is -1.39. The van der Waals surface area contributed by atoms with Gasteiger partial charge in [-0.15, -0.1) is 0 Å². The van der Waals surface area contributed by atoms with Crippen LogP contribution < -0.4 is 5.56 Å². The number of hydrogen-bond acceptors (Lipinski definition) is 2. The van der Waals surface area contributed by atoms with Gasteiger partial charge in [-0.2, -0.15) is 0 Å². The van der Waals surface area contributed by atoms with Crippen LogP contribution in [0, 0.1) is 0 Å². The molecule has 4 nitrogen and oxygen atoms in total. The Kier molecular flexibility index (Phi) is 2.11. The van der Waals surface area contributed by atoms with Gasteiger partial charge >= 0.3 is 5.97 Å². The highest BCUT2D eigenvalue weighted by atomic mass is 16.4. The van der Waals surface area contributed by atoms with Crippen LogP contribution in [-0.2, 0) is 11.2 Å². The van der Waals surface area contributed by atoms with Crippen molar-refractivity contribution in [1.29, 1.82) is 0 Å². The molecule has 1 heterocycles. The van der Waals surface area contributed by atoms with Crippen molar-refractivity contribution in [3.05, 3.63) is 33.7 Å². The number of aromatic nitrogens is 1.